The molecular formula is C26H15F4N5O. The van der Waals surface area contributed by atoms with Crippen LogP contribution in [0.25, 0.3) is 45.4 Å². The Labute approximate surface area is 202 Å². The number of hydrogen-bond acceptors (Lipinski definition) is 5. The highest BCUT2D eigenvalue weighted by molar-refractivity contribution is 5.80. The van der Waals surface area contributed by atoms with Gasteiger partial charge in [0.05, 0.1) is 11.6 Å². The normalized spacial score (nSPS) is 11.4. The third-order valence-electron chi connectivity index (χ3n) is 5.53. The van der Waals surface area contributed by atoms with Crippen LogP contribution in [-0.2, 0) is 13.2 Å². The SMILES string of the molecule is Cn1cc(C(F)(F)F)nc1-c1ccc(-c2noc(-c3ccc(F)cc3-c3ccc(C#N)cc3)n2)cc1. The lowest BCUT2D eigenvalue weighted by Crippen LogP contribution is -2.04. The maximum atomic E-state index is 14.0. The lowest BCUT2D eigenvalue weighted by molar-refractivity contribution is -0.140. The van der Waals surface area contributed by atoms with E-state index < -0.39 is 17.7 Å². The molecule has 0 aliphatic carbocycles. The number of benzene rings is 3. The fraction of sp³-hybridized carbons (Fsp3) is 0.0769. The van der Waals surface area contributed by atoms with Gasteiger partial charge in [0.2, 0.25) is 5.82 Å². The number of nitriles is 1. The molecule has 0 aliphatic rings. The number of halogens is 4. The van der Waals surface area contributed by atoms with Crippen LogP contribution in [0.2, 0.25) is 0 Å². The van der Waals surface area contributed by atoms with E-state index in [-0.39, 0.29) is 17.5 Å². The molecule has 6 nitrogen and oxygen atoms in total. The molecule has 5 rings (SSSR count). The first-order chi connectivity index (χ1) is 17.2. The molecule has 0 saturated carbocycles. The zero-order valence-corrected chi connectivity index (χ0v) is 18.6. The van der Waals surface area contributed by atoms with Gasteiger partial charge in [0.15, 0.2) is 5.69 Å². The third kappa shape index (κ3) is 4.34. The smallest absolute Gasteiger partial charge is 0.334 e. The Balaban J connectivity index is 1.46. The van der Waals surface area contributed by atoms with Gasteiger partial charge in [0.1, 0.15) is 11.6 Å². The molecule has 3 aromatic carbocycles. The van der Waals surface area contributed by atoms with E-state index in [0.29, 0.717) is 33.4 Å². The summed E-state index contributed by atoms with van der Waals surface area (Å²) in [6.07, 6.45) is -3.60. The number of nitrogens with zero attached hydrogens (tertiary/aromatic N) is 5. The molecule has 2 heterocycles. The highest BCUT2D eigenvalue weighted by Crippen LogP contribution is 2.34. The summed E-state index contributed by atoms with van der Waals surface area (Å²) >= 11 is 0. The summed E-state index contributed by atoms with van der Waals surface area (Å²) in [5.41, 5.74) is 2.25. The van der Waals surface area contributed by atoms with Crippen molar-refractivity contribution in [2.45, 2.75) is 6.18 Å². The minimum Gasteiger partial charge on any atom is -0.334 e. The number of hydrogen-bond donors (Lipinski definition) is 0. The molecule has 178 valence electrons. The highest BCUT2D eigenvalue weighted by atomic mass is 19.4. The fourth-order valence-corrected chi connectivity index (χ4v) is 3.76. The number of rotatable bonds is 4. The van der Waals surface area contributed by atoms with E-state index >= 15 is 0 Å². The molecular weight excluding hydrogens is 474 g/mol. The summed E-state index contributed by atoms with van der Waals surface area (Å²) in [5.74, 6) is 0.132. The van der Waals surface area contributed by atoms with E-state index in [1.54, 1.807) is 48.5 Å². The minimum absolute atomic E-state index is 0.160. The van der Waals surface area contributed by atoms with Gasteiger partial charge in [-0.05, 0) is 41.5 Å². The molecule has 0 amide bonds. The monoisotopic (exact) mass is 489 g/mol. The van der Waals surface area contributed by atoms with Crippen LogP contribution in [-0.4, -0.2) is 19.7 Å². The van der Waals surface area contributed by atoms with E-state index in [2.05, 4.69) is 15.1 Å². The standard InChI is InChI=1S/C26H15F4N5O/c1-35-14-22(26(28,29)30)32-24(35)18-8-6-17(7-9-18)23-33-25(36-34-23)20-11-10-19(27)12-21(20)16-4-2-15(13-31)3-5-16/h2-12,14H,1H3. The van der Waals surface area contributed by atoms with Crippen LogP contribution >= 0.6 is 0 Å². The summed E-state index contributed by atoms with van der Waals surface area (Å²) in [4.78, 5) is 8.13. The second-order valence-electron chi connectivity index (χ2n) is 7.94. The molecule has 5 aromatic rings. The van der Waals surface area contributed by atoms with Gasteiger partial charge in [0.25, 0.3) is 5.89 Å². The topological polar surface area (TPSA) is 80.5 Å². The van der Waals surface area contributed by atoms with E-state index in [1.807, 2.05) is 6.07 Å². The molecule has 0 radical (unpaired) electrons. The van der Waals surface area contributed by atoms with Crippen molar-refractivity contribution in [3.63, 3.8) is 0 Å². The molecule has 0 unspecified atom stereocenters. The van der Waals surface area contributed by atoms with E-state index in [9.17, 15) is 17.6 Å². The molecule has 0 aliphatic heterocycles. The Morgan fingerprint density at radius 1 is 0.861 bits per heavy atom. The second-order valence-corrected chi connectivity index (χ2v) is 7.94. The van der Waals surface area contributed by atoms with Crippen molar-refractivity contribution in [3.8, 4) is 51.4 Å². The van der Waals surface area contributed by atoms with Crippen LogP contribution in [0.5, 0.6) is 0 Å². The maximum absolute atomic E-state index is 14.0. The predicted molar refractivity (Wildman–Crippen MR) is 122 cm³/mol. The highest BCUT2D eigenvalue weighted by Gasteiger charge is 2.34. The van der Waals surface area contributed by atoms with Gasteiger partial charge in [0, 0.05) is 29.9 Å². The number of alkyl halides is 3. The molecule has 36 heavy (non-hydrogen) atoms. The average molecular weight is 489 g/mol. The molecule has 0 N–H and O–H groups in total. The largest absolute Gasteiger partial charge is 0.434 e. The first kappa shape index (κ1) is 23.0. The van der Waals surface area contributed by atoms with E-state index in [1.165, 1.54) is 29.8 Å². The summed E-state index contributed by atoms with van der Waals surface area (Å²) in [6, 6.07) is 19.4. The molecule has 10 heteroatoms. The van der Waals surface area contributed by atoms with Gasteiger partial charge < -0.3 is 9.09 Å². The van der Waals surface area contributed by atoms with Crippen molar-refractivity contribution in [2.24, 2.45) is 7.05 Å². The van der Waals surface area contributed by atoms with Gasteiger partial charge in [-0.2, -0.15) is 23.4 Å². The van der Waals surface area contributed by atoms with Crippen molar-refractivity contribution in [1.82, 2.24) is 19.7 Å². The molecule has 0 bridgehead atoms. The van der Waals surface area contributed by atoms with E-state index in [4.69, 9.17) is 9.78 Å². The number of aromatic nitrogens is 4. The lowest BCUT2D eigenvalue weighted by Gasteiger charge is -2.07. The average Bonchev–Trinajstić information content (AvgIpc) is 3.51. The van der Waals surface area contributed by atoms with Crippen LogP contribution in [0.1, 0.15) is 11.3 Å². The minimum atomic E-state index is -4.53. The van der Waals surface area contributed by atoms with Crippen LogP contribution in [0.15, 0.2) is 77.4 Å². The van der Waals surface area contributed by atoms with Gasteiger partial charge in [-0.1, -0.05) is 41.6 Å². The first-order valence-corrected chi connectivity index (χ1v) is 10.6. The van der Waals surface area contributed by atoms with Gasteiger partial charge >= 0.3 is 6.18 Å². The number of imidazole rings is 1. The first-order valence-electron chi connectivity index (χ1n) is 10.6. The Hall–Kier alpha value is -4.78. The lowest BCUT2D eigenvalue weighted by atomic mass is 9.98. The van der Waals surface area contributed by atoms with E-state index in [0.717, 1.165) is 6.20 Å². The van der Waals surface area contributed by atoms with Crippen LogP contribution in [0.3, 0.4) is 0 Å². The van der Waals surface area contributed by atoms with Crippen molar-refractivity contribution in [3.05, 3.63) is 90.0 Å². The van der Waals surface area contributed by atoms with Gasteiger partial charge in [-0.25, -0.2) is 9.37 Å². The Morgan fingerprint density at radius 2 is 1.53 bits per heavy atom. The molecule has 0 fully saturated rings. The predicted octanol–water partition coefficient (Wildman–Crippen LogP) is 6.50. The maximum Gasteiger partial charge on any atom is 0.434 e. The molecule has 0 saturated heterocycles. The Bertz CT molecular complexity index is 1590. The Kier molecular flexibility index (Phi) is 5.60. The van der Waals surface area contributed by atoms with Crippen molar-refractivity contribution >= 4 is 0 Å². The summed E-state index contributed by atoms with van der Waals surface area (Å²) in [6.45, 7) is 0. The zero-order chi connectivity index (χ0) is 25.4. The molecule has 2 aromatic heterocycles. The molecule has 0 atom stereocenters. The third-order valence-corrected chi connectivity index (χ3v) is 5.53. The fourth-order valence-electron chi connectivity index (χ4n) is 3.76. The summed E-state index contributed by atoms with van der Waals surface area (Å²) in [7, 11) is 1.49. The summed E-state index contributed by atoms with van der Waals surface area (Å²) < 4.78 is 59.8. The van der Waals surface area contributed by atoms with Crippen molar-refractivity contribution in [1.29, 1.82) is 5.26 Å². The second kappa shape index (κ2) is 8.78. The Morgan fingerprint density at radius 3 is 2.17 bits per heavy atom. The van der Waals surface area contributed by atoms with Crippen molar-refractivity contribution < 1.29 is 22.1 Å². The summed E-state index contributed by atoms with van der Waals surface area (Å²) in [5, 5.41) is 13.0. The van der Waals surface area contributed by atoms with Crippen LogP contribution in [0, 0.1) is 17.1 Å². The van der Waals surface area contributed by atoms with Gasteiger partial charge in [-0.15, -0.1) is 0 Å². The quantitative estimate of drug-likeness (QED) is 0.269. The van der Waals surface area contributed by atoms with Crippen molar-refractivity contribution in [2.75, 3.05) is 0 Å². The van der Waals surface area contributed by atoms with Gasteiger partial charge in [-0.3, -0.25) is 0 Å². The van der Waals surface area contributed by atoms with Crippen LogP contribution in [0.4, 0.5) is 17.6 Å². The molecule has 0 spiro atoms. The van der Waals surface area contributed by atoms with Crippen LogP contribution < -0.4 is 0 Å². The number of aryl methyl sites for hydroxylation is 1. The zero-order valence-electron chi connectivity index (χ0n) is 18.6.